The van der Waals surface area contributed by atoms with Gasteiger partial charge in [-0.15, -0.1) is 0 Å². The van der Waals surface area contributed by atoms with Crippen LogP contribution in [0.4, 0.5) is 4.79 Å². The summed E-state index contributed by atoms with van der Waals surface area (Å²) in [5.74, 6) is -0.928. The molecule has 0 spiro atoms. The van der Waals surface area contributed by atoms with Crippen molar-refractivity contribution in [1.82, 2.24) is 20.1 Å². The summed E-state index contributed by atoms with van der Waals surface area (Å²) in [5.41, 5.74) is 2.57. The summed E-state index contributed by atoms with van der Waals surface area (Å²) < 4.78 is 0. The van der Waals surface area contributed by atoms with Crippen molar-refractivity contribution in [2.24, 2.45) is 5.92 Å². The second kappa shape index (κ2) is 8.01. The average molecular weight is 459 g/mol. The number of imide groups is 1. The maximum Gasteiger partial charge on any atom is 0.328 e. The predicted octanol–water partition coefficient (Wildman–Crippen LogP) is 4.11. The molecule has 2 aliphatic heterocycles. The van der Waals surface area contributed by atoms with E-state index < -0.39 is 17.6 Å². The van der Waals surface area contributed by atoms with Crippen molar-refractivity contribution in [3.05, 3.63) is 71.4 Å². The maximum atomic E-state index is 14.0. The SMILES string of the molecule is CC(C)[C@@H](C(=O)N[C@H](C)c1ccccc1)N1C(=O)N2CCc3c([nH]c4ccccc34)[C@@]2(C)C1=O. The largest absolute Gasteiger partial charge is 0.356 e. The molecule has 176 valence electrons. The molecule has 1 aromatic heterocycles. The Kier molecular flexibility index (Phi) is 5.23. The van der Waals surface area contributed by atoms with Crippen LogP contribution in [0.25, 0.3) is 10.9 Å². The number of para-hydroxylation sites is 1. The second-order valence-corrected chi connectivity index (χ2v) is 9.79. The van der Waals surface area contributed by atoms with Gasteiger partial charge in [-0.05, 0) is 43.4 Å². The Morgan fingerprint density at radius 1 is 1.03 bits per heavy atom. The molecule has 3 atom stereocenters. The van der Waals surface area contributed by atoms with Crippen molar-refractivity contribution in [3.8, 4) is 0 Å². The lowest BCUT2D eigenvalue weighted by Crippen LogP contribution is -2.53. The van der Waals surface area contributed by atoms with Gasteiger partial charge >= 0.3 is 6.03 Å². The minimum Gasteiger partial charge on any atom is -0.356 e. The fourth-order valence-corrected chi connectivity index (χ4v) is 5.51. The highest BCUT2D eigenvalue weighted by Crippen LogP contribution is 2.45. The first kappa shape index (κ1) is 22.2. The van der Waals surface area contributed by atoms with Gasteiger partial charge in [-0.2, -0.15) is 0 Å². The standard InChI is InChI=1S/C27H30N4O3/c1-16(2)22(24(32)28-17(3)18-10-6-5-7-11-18)31-25(33)27(4)23-20(14-15-30(27)26(31)34)19-12-8-9-13-21(19)29-23/h5-13,16-17,22,29H,14-15H2,1-4H3,(H,28,32)/t17-,22+,27+/m1/s1. The third kappa shape index (κ3) is 3.14. The van der Waals surface area contributed by atoms with Gasteiger partial charge in [-0.3, -0.25) is 9.59 Å². The molecule has 3 heterocycles. The minimum absolute atomic E-state index is 0.247. The third-order valence-electron chi connectivity index (χ3n) is 7.33. The van der Waals surface area contributed by atoms with Crippen LogP contribution in [-0.2, 0) is 21.5 Å². The number of nitrogens with zero attached hydrogens (tertiary/aromatic N) is 2. The molecular weight excluding hydrogens is 428 g/mol. The van der Waals surface area contributed by atoms with Gasteiger partial charge in [-0.1, -0.05) is 62.4 Å². The van der Waals surface area contributed by atoms with Crippen molar-refractivity contribution < 1.29 is 14.4 Å². The Morgan fingerprint density at radius 3 is 2.41 bits per heavy atom. The Morgan fingerprint density at radius 2 is 1.71 bits per heavy atom. The summed E-state index contributed by atoms with van der Waals surface area (Å²) in [6, 6.07) is 16.0. The van der Waals surface area contributed by atoms with Gasteiger partial charge in [0.15, 0.2) is 5.54 Å². The first-order valence-electron chi connectivity index (χ1n) is 11.9. The van der Waals surface area contributed by atoms with Crippen LogP contribution < -0.4 is 5.32 Å². The normalized spacial score (nSPS) is 21.6. The molecule has 2 N–H and O–H groups in total. The smallest absolute Gasteiger partial charge is 0.328 e. The monoisotopic (exact) mass is 458 g/mol. The van der Waals surface area contributed by atoms with E-state index in [1.54, 1.807) is 11.8 Å². The number of H-pyrrole nitrogens is 1. The van der Waals surface area contributed by atoms with E-state index in [-0.39, 0.29) is 23.8 Å². The van der Waals surface area contributed by atoms with E-state index in [9.17, 15) is 14.4 Å². The fourth-order valence-electron chi connectivity index (χ4n) is 5.51. The van der Waals surface area contributed by atoms with E-state index in [0.717, 1.165) is 27.7 Å². The summed E-state index contributed by atoms with van der Waals surface area (Å²) >= 11 is 0. The number of fused-ring (bicyclic) bond motifs is 5. The highest BCUT2D eigenvalue weighted by atomic mass is 16.2. The van der Waals surface area contributed by atoms with E-state index in [0.29, 0.717) is 13.0 Å². The van der Waals surface area contributed by atoms with Gasteiger partial charge in [0.2, 0.25) is 5.91 Å². The van der Waals surface area contributed by atoms with Crippen LogP contribution in [0, 0.1) is 5.92 Å². The van der Waals surface area contributed by atoms with E-state index in [2.05, 4.69) is 10.3 Å². The number of carbonyl (C=O) groups is 3. The number of amides is 4. The highest BCUT2D eigenvalue weighted by Gasteiger charge is 2.61. The minimum atomic E-state index is -1.16. The molecule has 2 aromatic carbocycles. The van der Waals surface area contributed by atoms with Gasteiger partial charge < -0.3 is 15.2 Å². The number of rotatable bonds is 5. The van der Waals surface area contributed by atoms with Gasteiger partial charge in [0, 0.05) is 17.4 Å². The first-order valence-corrected chi connectivity index (χ1v) is 11.9. The van der Waals surface area contributed by atoms with Crippen LogP contribution in [0.2, 0.25) is 0 Å². The lowest BCUT2D eigenvalue weighted by molar-refractivity contribution is -0.141. The van der Waals surface area contributed by atoms with Crippen LogP contribution in [0.3, 0.4) is 0 Å². The average Bonchev–Trinajstić information content (AvgIpc) is 3.29. The van der Waals surface area contributed by atoms with E-state index >= 15 is 0 Å². The summed E-state index contributed by atoms with van der Waals surface area (Å²) in [5, 5.41) is 4.09. The predicted molar refractivity (Wildman–Crippen MR) is 130 cm³/mol. The maximum absolute atomic E-state index is 14.0. The Bertz CT molecular complexity index is 1280. The van der Waals surface area contributed by atoms with E-state index in [1.165, 1.54) is 4.90 Å². The van der Waals surface area contributed by atoms with Crippen molar-refractivity contribution in [2.75, 3.05) is 6.54 Å². The van der Waals surface area contributed by atoms with Gasteiger partial charge in [-0.25, -0.2) is 9.69 Å². The van der Waals surface area contributed by atoms with Gasteiger partial charge in [0.25, 0.3) is 5.91 Å². The topological polar surface area (TPSA) is 85.5 Å². The number of hydrogen-bond donors (Lipinski definition) is 2. The molecule has 0 aliphatic carbocycles. The summed E-state index contributed by atoms with van der Waals surface area (Å²) in [7, 11) is 0. The number of benzene rings is 2. The van der Waals surface area contributed by atoms with E-state index in [4.69, 9.17) is 0 Å². The van der Waals surface area contributed by atoms with Gasteiger partial charge in [0.1, 0.15) is 6.04 Å². The highest BCUT2D eigenvalue weighted by molar-refractivity contribution is 6.11. The Balaban J connectivity index is 1.50. The van der Waals surface area contributed by atoms with E-state index in [1.807, 2.05) is 75.4 Å². The van der Waals surface area contributed by atoms with Crippen LogP contribution in [0.1, 0.15) is 50.6 Å². The van der Waals surface area contributed by atoms with Crippen LogP contribution in [-0.4, -0.2) is 45.2 Å². The zero-order chi connectivity index (χ0) is 24.2. The zero-order valence-electron chi connectivity index (χ0n) is 20.0. The second-order valence-electron chi connectivity index (χ2n) is 9.79. The van der Waals surface area contributed by atoms with Crippen LogP contribution in [0.5, 0.6) is 0 Å². The fraction of sp³-hybridized carbons (Fsp3) is 0.370. The molecule has 1 saturated heterocycles. The first-order chi connectivity index (χ1) is 16.2. The van der Waals surface area contributed by atoms with Crippen LogP contribution in [0.15, 0.2) is 54.6 Å². The van der Waals surface area contributed by atoms with Crippen molar-refractivity contribution in [1.29, 1.82) is 0 Å². The molecule has 1 fully saturated rings. The molecule has 7 heteroatoms. The molecule has 4 amide bonds. The molecule has 0 unspecified atom stereocenters. The molecule has 7 nitrogen and oxygen atoms in total. The number of aromatic nitrogens is 1. The number of nitrogens with one attached hydrogen (secondary N) is 2. The van der Waals surface area contributed by atoms with Crippen LogP contribution >= 0.6 is 0 Å². The molecule has 0 saturated carbocycles. The summed E-state index contributed by atoms with van der Waals surface area (Å²) in [6.45, 7) is 7.86. The number of urea groups is 1. The number of carbonyl (C=O) groups excluding carboxylic acids is 3. The molecule has 34 heavy (non-hydrogen) atoms. The summed E-state index contributed by atoms with van der Waals surface area (Å²) in [4.78, 5) is 47.3. The molecule has 2 aliphatic rings. The van der Waals surface area contributed by atoms with Crippen molar-refractivity contribution in [2.45, 2.75) is 51.7 Å². The van der Waals surface area contributed by atoms with Gasteiger partial charge in [0.05, 0.1) is 11.7 Å². The number of aromatic amines is 1. The molecular formula is C27H30N4O3. The lowest BCUT2D eigenvalue weighted by atomic mass is 9.86. The molecule has 3 aromatic rings. The third-order valence-corrected chi connectivity index (χ3v) is 7.33. The van der Waals surface area contributed by atoms with Crippen molar-refractivity contribution in [3.63, 3.8) is 0 Å². The quantitative estimate of drug-likeness (QED) is 0.565. The Labute approximate surface area is 199 Å². The molecule has 0 bridgehead atoms. The molecule has 0 radical (unpaired) electrons. The van der Waals surface area contributed by atoms with Crippen molar-refractivity contribution >= 4 is 28.7 Å². The Hall–Kier alpha value is -3.61. The lowest BCUT2D eigenvalue weighted by Gasteiger charge is -2.36. The number of hydrogen-bond acceptors (Lipinski definition) is 3. The molecule has 5 rings (SSSR count). The summed E-state index contributed by atoms with van der Waals surface area (Å²) in [6.07, 6.45) is 0.658. The zero-order valence-corrected chi connectivity index (χ0v) is 20.0.